The topological polar surface area (TPSA) is 12.0 Å². The summed E-state index contributed by atoms with van der Waals surface area (Å²) in [5, 5.41) is 7.32. The lowest BCUT2D eigenvalue weighted by atomic mass is 10.00. The quantitative estimate of drug-likeness (QED) is 0.746. The standard InChI is InChI=1S/C17H25NS/c1-12(2)10-18-8-7-15-11-19-17-6-5-14(13(3)4)9-16(15)17/h5-6,9,11-13,18H,7-8,10H2,1-4H3. The van der Waals surface area contributed by atoms with Gasteiger partial charge in [-0.1, -0.05) is 33.8 Å². The number of thiophene rings is 1. The molecule has 0 saturated heterocycles. The van der Waals surface area contributed by atoms with Gasteiger partial charge in [-0.15, -0.1) is 11.3 Å². The van der Waals surface area contributed by atoms with Gasteiger partial charge >= 0.3 is 0 Å². The molecule has 0 amide bonds. The van der Waals surface area contributed by atoms with E-state index in [-0.39, 0.29) is 0 Å². The summed E-state index contributed by atoms with van der Waals surface area (Å²) in [4.78, 5) is 0. The van der Waals surface area contributed by atoms with Crippen molar-refractivity contribution in [2.75, 3.05) is 13.1 Å². The van der Waals surface area contributed by atoms with E-state index in [1.165, 1.54) is 21.2 Å². The smallest absolute Gasteiger partial charge is 0.0345 e. The normalized spacial score (nSPS) is 11.9. The minimum absolute atomic E-state index is 0.608. The van der Waals surface area contributed by atoms with E-state index in [4.69, 9.17) is 0 Å². The summed E-state index contributed by atoms with van der Waals surface area (Å²) in [5.41, 5.74) is 2.95. The summed E-state index contributed by atoms with van der Waals surface area (Å²) >= 11 is 1.87. The summed E-state index contributed by atoms with van der Waals surface area (Å²) in [7, 11) is 0. The van der Waals surface area contributed by atoms with Gasteiger partial charge in [-0.05, 0) is 65.4 Å². The Morgan fingerprint density at radius 1 is 1.16 bits per heavy atom. The highest BCUT2D eigenvalue weighted by Gasteiger charge is 2.07. The second-order valence-corrected chi connectivity index (χ2v) is 6.93. The van der Waals surface area contributed by atoms with Gasteiger partial charge in [0, 0.05) is 4.70 Å². The lowest BCUT2D eigenvalue weighted by Gasteiger charge is -2.08. The van der Waals surface area contributed by atoms with Gasteiger partial charge in [0.25, 0.3) is 0 Å². The van der Waals surface area contributed by atoms with E-state index in [1.807, 2.05) is 11.3 Å². The largest absolute Gasteiger partial charge is 0.316 e. The number of hydrogen-bond acceptors (Lipinski definition) is 2. The summed E-state index contributed by atoms with van der Waals surface area (Å²) in [6.07, 6.45) is 1.13. The van der Waals surface area contributed by atoms with Gasteiger partial charge in [0.1, 0.15) is 0 Å². The molecule has 0 aliphatic carbocycles. The summed E-state index contributed by atoms with van der Waals surface area (Å²) in [5.74, 6) is 1.34. The molecule has 0 aliphatic heterocycles. The molecule has 19 heavy (non-hydrogen) atoms. The van der Waals surface area contributed by atoms with Gasteiger partial charge < -0.3 is 5.32 Å². The Labute approximate surface area is 121 Å². The first kappa shape index (κ1) is 14.5. The molecule has 0 radical (unpaired) electrons. The molecular weight excluding hydrogens is 250 g/mol. The minimum atomic E-state index is 0.608. The van der Waals surface area contributed by atoms with Crippen molar-refractivity contribution in [1.82, 2.24) is 5.32 Å². The molecule has 1 aromatic heterocycles. The van der Waals surface area contributed by atoms with Crippen molar-refractivity contribution in [1.29, 1.82) is 0 Å². The van der Waals surface area contributed by atoms with Gasteiger partial charge in [-0.2, -0.15) is 0 Å². The predicted octanol–water partition coefficient (Wildman–Crippen LogP) is 4.81. The van der Waals surface area contributed by atoms with Crippen LogP contribution in [0.25, 0.3) is 10.1 Å². The summed E-state index contributed by atoms with van der Waals surface area (Å²) in [6, 6.07) is 6.93. The molecule has 1 aromatic carbocycles. The van der Waals surface area contributed by atoms with Crippen molar-refractivity contribution in [3.8, 4) is 0 Å². The van der Waals surface area contributed by atoms with E-state index in [9.17, 15) is 0 Å². The maximum Gasteiger partial charge on any atom is 0.0345 e. The molecule has 2 rings (SSSR count). The number of benzene rings is 1. The molecule has 0 fully saturated rings. The third-order valence-electron chi connectivity index (χ3n) is 3.47. The third kappa shape index (κ3) is 3.80. The van der Waals surface area contributed by atoms with Crippen molar-refractivity contribution >= 4 is 21.4 Å². The number of nitrogens with one attached hydrogen (secondary N) is 1. The molecule has 0 spiro atoms. The first-order valence-corrected chi connectivity index (χ1v) is 8.16. The Morgan fingerprint density at radius 2 is 1.95 bits per heavy atom. The van der Waals surface area contributed by atoms with E-state index >= 15 is 0 Å². The van der Waals surface area contributed by atoms with Gasteiger partial charge in [0.15, 0.2) is 0 Å². The molecule has 0 atom stereocenters. The molecular formula is C17H25NS. The van der Waals surface area contributed by atoms with Crippen LogP contribution in [-0.4, -0.2) is 13.1 Å². The van der Waals surface area contributed by atoms with Crippen molar-refractivity contribution in [2.45, 2.75) is 40.0 Å². The average Bonchev–Trinajstić information content (AvgIpc) is 2.76. The van der Waals surface area contributed by atoms with E-state index in [2.05, 4.69) is 56.6 Å². The number of rotatable bonds is 6. The van der Waals surface area contributed by atoms with Gasteiger partial charge in [-0.25, -0.2) is 0 Å². The van der Waals surface area contributed by atoms with Crippen LogP contribution in [0, 0.1) is 5.92 Å². The predicted molar refractivity (Wildman–Crippen MR) is 87.3 cm³/mol. The highest BCUT2D eigenvalue weighted by Crippen LogP contribution is 2.29. The molecule has 0 bridgehead atoms. The van der Waals surface area contributed by atoms with Crippen LogP contribution < -0.4 is 5.32 Å². The van der Waals surface area contributed by atoms with Crippen LogP contribution in [0.1, 0.15) is 44.7 Å². The van der Waals surface area contributed by atoms with Gasteiger partial charge in [0.05, 0.1) is 0 Å². The van der Waals surface area contributed by atoms with Crippen LogP contribution in [-0.2, 0) is 6.42 Å². The maximum absolute atomic E-state index is 3.53. The summed E-state index contributed by atoms with van der Waals surface area (Å²) < 4.78 is 1.42. The molecule has 0 saturated carbocycles. The van der Waals surface area contributed by atoms with Crippen LogP contribution in [0.15, 0.2) is 23.6 Å². The molecule has 1 nitrogen and oxygen atoms in total. The lowest BCUT2D eigenvalue weighted by molar-refractivity contribution is 0.555. The van der Waals surface area contributed by atoms with Crippen LogP contribution in [0.5, 0.6) is 0 Å². The van der Waals surface area contributed by atoms with Gasteiger partial charge in [-0.3, -0.25) is 0 Å². The number of fused-ring (bicyclic) bond motifs is 1. The average molecular weight is 275 g/mol. The van der Waals surface area contributed by atoms with Crippen LogP contribution in [0.4, 0.5) is 0 Å². The van der Waals surface area contributed by atoms with Crippen molar-refractivity contribution in [3.05, 3.63) is 34.7 Å². The molecule has 0 unspecified atom stereocenters. The molecule has 2 heteroatoms. The molecule has 0 aliphatic rings. The SMILES string of the molecule is CC(C)CNCCc1csc2ccc(C(C)C)cc12. The molecule has 2 aromatic rings. The maximum atomic E-state index is 3.53. The fourth-order valence-electron chi connectivity index (χ4n) is 2.27. The lowest BCUT2D eigenvalue weighted by Crippen LogP contribution is -2.21. The zero-order chi connectivity index (χ0) is 13.8. The number of hydrogen-bond donors (Lipinski definition) is 1. The first-order valence-electron chi connectivity index (χ1n) is 7.28. The zero-order valence-corrected chi connectivity index (χ0v) is 13.3. The molecule has 104 valence electrons. The monoisotopic (exact) mass is 275 g/mol. The Balaban J connectivity index is 2.08. The Hall–Kier alpha value is -0.860. The fraction of sp³-hybridized carbons (Fsp3) is 0.529. The zero-order valence-electron chi connectivity index (χ0n) is 12.5. The van der Waals surface area contributed by atoms with Crippen LogP contribution >= 0.6 is 11.3 Å². The highest BCUT2D eigenvalue weighted by molar-refractivity contribution is 7.17. The molecule has 1 heterocycles. The highest BCUT2D eigenvalue weighted by atomic mass is 32.1. The summed E-state index contributed by atoms with van der Waals surface area (Å²) in [6.45, 7) is 11.2. The van der Waals surface area contributed by atoms with E-state index in [0.717, 1.165) is 25.4 Å². The second-order valence-electron chi connectivity index (χ2n) is 6.02. The van der Waals surface area contributed by atoms with Gasteiger partial charge in [0.2, 0.25) is 0 Å². The fourth-order valence-corrected chi connectivity index (χ4v) is 3.24. The van der Waals surface area contributed by atoms with E-state index in [0.29, 0.717) is 5.92 Å². The second kappa shape index (κ2) is 6.53. The van der Waals surface area contributed by atoms with Crippen molar-refractivity contribution < 1.29 is 0 Å². The first-order chi connectivity index (χ1) is 9.08. The van der Waals surface area contributed by atoms with E-state index < -0.39 is 0 Å². The molecule has 1 N–H and O–H groups in total. The van der Waals surface area contributed by atoms with Crippen LogP contribution in [0.3, 0.4) is 0 Å². The Morgan fingerprint density at radius 3 is 2.63 bits per heavy atom. The minimum Gasteiger partial charge on any atom is -0.316 e. The van der Waals surface area contributed by atoms with Crippen molar-refractivity contribution in [3.63, 3.8) is 0 Å². The van der Waals surface area contributed by atoms with Crippen molar-refractivity contribution in [2.24, 2.45) is 5.92 Å². The Bertz CT molecular complexity index is 525. The van der Waals surface area contributed by atoms with E-state index in [1.54, 1.807) is 0 Å². The Kier molecular flexibility index (Phi) is 5.00. The van der Waals surface area contributed by atoms with Crippen LogP contribution in [0.2, 0.25) is 0 Å². The third-order valence-corrected chi connectivity index (χ3v) is 4.48.